The van der Waals surface area contributed by atoms with Gasteiger partial charge in [0.15, 0.2) is 0 Å². The highest BCUT2D eigenvalue weighted by molar-refractivity contribution is 5.21. The lowest BCUT2D eigenvalue weighted by atomic mass is 10.2. The summed E-state index contributed by atoms with van der Waals surface area (Å²) >= 11 is 0. The number of rotatable bonds is 4. The average Bonchev–Trinajstić information content (AvgIpc) is 2.16. The highest BCUT2D eigenvalue weighted by atomic mass is 16.5. The maximum absolute atomic E-state index is 5.59. The molecule has 0 radical (unpaired) electrons. The van der Waals surface area contributed by atoms with Crippen LogP contribution in [0.2, 0.25) is 0 Å². The van der Waals surface area contributed by atoms with Gasteiger partial charge in [-0.2, -0.15) is 0 Å². The van der Waals surface area contributed by atoms with Gasteiger partial charge in [-0.15, -0.1) is 0 Å². The zero-order valence-electron chi connectivity index (χ0n) is 7.36. The SMILES string of the molecule is C=CC(CC)Oc1ccccc1. The molecule has 12 heavy (non-hydrogen) atoms. The number of para-hydroxylation sites is 1. The molecule has 0 N–H and O–H groups in total. The van der Waals surface area contributed by atoms with Gasteiger partial charge in [-0.1, -0.05) is 37.8 Å². The van der Waals surface area contributed by atoms with Crippen molar-refractivity contribution in [1.29, 1.82) is 0 Å². The van der Waals surface area contributed by atoms with E-state index in [1.54, 1.807) is 0 Å². The van der Waals surface area contributed by atoms with E-state index in [-0.39, 0.29) is 6.10 Å². The second-order valence-corrected chi connectivity index (χ2v) is 2.61. The average molecular weight is 162 g/mol. The summed E-state index contributed by atoms with van der Waals surface area (Å²) in [7, 11) is 0. The van der Waals surface area contributed by atoms with Crippen LogP contribution in [-0.2, 0) is 0 Å². The summed E-state index contributed by atoms with van der Waals surface area (Å²) in [5.74, 6) is 0.907. The van der Waals surface area contributed by atoms with Gasteiger partial charge in [0.2, 0.25) is 0 Å². The van der Waals surface area contributed by atoms with Crippen molar-refractivity contribution in [3.05, 3.63) is 43.0 Å². The number of hydrogen-bond donors (Lipinski definition) is 0. The summed E-state index contributed by atoms with van der Waals surface area (Å²) < 4.78 is 5.59. The molecule has 0 saturated heterocycles. The van der Waals surface area contributed by atoms with Gasteiger partial charge in [0.25, 0.3) is 0 Å². The molecule has 1 aromatic carbocycles. The molecule has 1 rings (SSSR count). The van der Waals surface area contributed by atoms with E-state index in [0.717, 1.165) is 12.2 Å². The smallest absolute Gasteiger partial charge is 0.120 e. The molecule has 0 heterocycles. The largest absolute Gasteiger partial charge is 0.486 e. The van der Waals surface area contributed by atoms with Crippen LogP contribution >= 0.6 is 0 Å². The van der Waals surface area contributed by atoms with E-state index in [2.05, 4.69) is 13.5 Å². The fourth-order valence-electron chi connectivity index (χ4n) is 0.972. The minimum atomic E-state index is 0.132. The quantitative estimate of drug-likeness (QED) is 0.618. The Labute approximate surface area is 73.7 Å². The van der Waals surface area contributed by atoms with Crippen LogP contribution in [-0.4, -0.2) is 6.10 Å². The Morgan fingerprint density at radius 2 is 2.08 bits per heavy atom. The first-order valence-corrected chi connectivity index (χ1v) is 4.21. The highest BCUT2D eigenvalue weighted by Crippen LogP contribution is 2.12. The van der Waals surface area contributed by atoms with Crippen LogP contribution in [0.3, 0.4) is 0 Å². The molecule has 0 bridgehead atoms. The first-order valence-electron chi connectivity index (χ1n) is 4.21. The summed E-state index contributed by atoms with van der Waals surface area (Å²) in [6.07, 6.45) is 2.91. The number of ether oxygens (including phenoxy) is 1. The van der Waals surface area contributed by atoms with Crippen LogP contribution in [0.4, 0.5) is 0 Å². The Balaban J connectivity index is 2.56. The lowest BCUT2D eigenvalue weighted by Gasteiger charge is -2.12. The molecule has 1 aromatic rings. The molecule has 0 saturated carbocycles. The number of hydrogen-bond acceptors (Lipinski definition) is 1. The van der Waals surface area contributed by atoms with E-state index in [4.69, 9.17) is 4.74 Å². The molecule has 1 unspecified atom stereocenters. The van der Waals surface area contributed by atoms with Crippen LogP contribution in [0.25, 0.3) is 0 Å². The fraction of sp³-hybridized carbons (Fsp3) is 0.273. The van der Waals surface area contributed by atoms with Crippen molar-refractivity contribution in [3.63, 3.8) is 0 Å². The zero-order valence-corrected chi connectivity index (χ0v) is 7.36. The van der Waals surface area contributed by atoms with Crippen molar-refractivity contribution in [2.45, 2.75) is 19.4 Å². The topological polar surface area (TPSA) is 9.23 Å². The number of benzene rings is 1. The zero-order chi connectivity index (χ0) is 8.81. The normalized spacial score (nSPS) is 12.1. The standard InChI is InChI=1S/C11H14O/c1-3-10(4-2)12-11-8-6-5-7-9-11/h3,5-10H,1,4H2,2H3. The van der Waals surface area contributed by atoms with Gasteiger partial charge < -0.3 is 4.74 Å². The monoisotopic (exact) mass is 162 g/mol. The van der Waals surface area contributed by atoms with E-state index >= 15 is 0 Å². The van der Waals surface area contributed by atoms with E-state index in [1.807, 2.05) is 36.4 Å². The van der Waals surface area contributed by atoms with Gasteiger partial charge >= 0.3 is 0 Å². The molecule has 1 nitrogen and oxygen atoms in total. The first kappa shape index (κ1) is 8.85. The van der Waals surface area contributed by atoms with Crippen LogP contribution in [0.1, 0.15) is 13.3 Å². The van der Waals surface area contributed by atoms with Crippen molar-refractivity contribution in [2.75, 3.05) is 0 Å². The predicted octanol–water partition coefficient (Wildman–Crippen LogP) is 3.03. The molecular formula is C11H14O. The molecule has 1 heteroatoms. The Morgan fingerprint density at radius 1 is 1.42 bits per heavy atom. The highest BCUT2D eigenvalue weighted by Gasteiger charge is 2.00. The van der Waals surface area contributed by atoms with Crippen LogP contribution in [0, 0.1) is 0 Å². The summed E-state index contributed by atoms with van der Waals surface area (Å²) in [5, 5.41) is 0. The predicted molar refractivity (Wildman–Crippen MR) is 51.3 cm³/mol. The molecule has 0 aliphatic carbocycles. The third-order valence-electron chi connectivity index (χ3n) is 1.70. The van der Waals surface area contributed by atoms with Crippen molar-refractivity contribution in [2.24, 2.45) is 0 Å². The van der Waals surface area contributed by atoms with Gasteiger partial charge in [-0.3, -0.25) is 0 Å². The van der Waals surface area contributed by atoms with Crippen LogP contribution < -0.4 is 4.74 Å². The molecular weight excluding hydrogens is 148 g/mol. The Bertz CT molecular complexity index is 228. The molecule has 64 valence electrons. The second-order valence-electron chi connectivity index (χ2n) is 2.61. The van der Waals surface area contributed by atoms with Crippen LogP contribution in [0.15, 0.2) is 43.0 Å². The fourth-order valence-corrected chi connectivity index (χ4v) is 0.972. The Morgan fingerprint density at radius 3 is 2.58 bits per heavy atom. The summed E-state index contributed by atoms with van der Waals surface area (Å²) in [4.78, 5) is 0. The maximum Gasteiger partial charge on any atom is 0.120 e. The minimum absolute atomic E-state index is 0.132. The van der Waals surface area contributed by atoms with Gasteiger partial charge in [0.05, 0.1) is 0 Å². The van der Waals surface area contributed by atoms with Crippen molar-refractivity contribution < 1.29 is 4.74 Å². The third kappa shape index (κ3) is 2.42. The van der Waals surface area contributed by atoms with Crippen molar-refractivity contribution in [3.8, 4) is 5.75 Å². The summed E-state index contributed by atoms with van der Waals surface area (Å²) in [6.45, 7) is 5.78. The molecule has 0 aliphatic rings. The van der Waals surface area contributed by atoms with E-state index in [0.29, 0.717) is 0 Å². The van der Waals surface area contributed by atoms with E-state index in [1.165, 1.54) is 0 Å². The van der Waals surface area contributed by atoms with Gasteiger partial charge in [0, 0.05) is 0 Å². The van der Waals surface area contributed by atoms with Crippen LogP contribution in [0.5, 0.6) is 5.75 Å². The molecule has 0 amide bonds. The van der Waals surface area contributed by atoms with E-state index < -0.39 is 0 Å². The van der Waals surface area contributed by atoms with Gasteiger partial charge in [0.1, 0.15) is 11.9 Å². The molecule has 0 aromatic heterocycles. The minimum Gasteiger partial charge on any atom is -0.486 e. The van der Waals surface area contributed by atoms with E-state index in [9.17, 15) is 0 Å². The lowest BCUT2D eigenvalue weighted by Crippen LogP contribution is -2.10. The maximum atomic E-state index is 5.59. The first-order chi connectivity index (χ1) is 5.86. The second kappa shape index (κ2) is 4.60. The van der Waals surface area contributed by atoms with Gasteiger partial charge in [-0.05, 0) is 18.6 Å². The summed E-state index contributed by atoms with van der Waals surface area (Å²) in [5.41, 5.74) is 0. The Kier molecular flexibility index (Phi) is 3.39. The lowest BCUT2D eigenvalue weighted by molar-refractivity contribution is 0.245. The van der Waals surface area contributed by atoms with Crippen molar-refractivity contribution in [1.82, 2.24) is 0 Å². The van der Waals surface area contributed by atoms with Gasteiger partial charge in [-0.25, -0.2) is 0 Å². The third-order valence-corrected chi connectivity index (χ3v) is 1.70. The Hall–Kier alpha value is -1.24. The molecule has 0 aliphatic heterocycles. The molecule has 1 atom stereocenters. The summed E-state index contributed by atoms with van der Waals surface area (Å²) in [6, 6.07) is 9.80. The molecule has 0 fully saturated rings. The van der Waals surface area contributed by atoms with Crippen molar-refractivity contribution >= 4 is 0 Å². The molecule has 0 spiro atoms.